The Bertz CT molecular complexity index is 2610. The molecule has 2 aromatic heterocycles. The SMILES string of the molecule is c1ccc(C2(c3ccccc3)c3ccccc3-c3ccc(-c4nnc(-c5ccc(-c6cccc7c6oc6ccccc67)cc5)o4)cc32)cc1. The van der Waals surface area contributed by atoms with E-state index >= 15 is 0 Å². The average molecular weight is 629 g/mol. The van der Waals surface area contributed by atoms with Crippen LogP contribution in [0, 0.1) is 0 Å². The van der Waals surface area contributed by atoms with Crippen LogP contribution in [0.3, 0.4) is 0 Å². The molecule has 0 saturated heterocycles. The molecule has 0 spiro atoms. The fourth-order valence-electron chi connectivity index (χ4n) is 7.80. The van der Waals surface area contributed by atoms with Gasteiger partial charge in [0.2, 0.25) is 11.8 Å². The van der Waals surface area contributed by atoms with E-state index in [4.69, 9.17) is 8.83 Å². The molecule has 1 aliphatic carbocycles. The van der Waals surface area contributed by atoms with E-state index in [2.05, 4.69) is 150 Å². The Morgan fingerprint density at radius 3 is 1.73 bits per heavy atom. The minimum absolute atomic E-state index is 0.477. The molecule has 0 atom stereocenters. The zero-order chi connectivity index (χ0) is 32.4. The van der Waals surface area contributed by atoms with E-state index in [-0.39, 0.29) is 0 Å². The summed E-state index contributed by atoms with van der Waals surface area (Å²) in [6, 6.07) is 59.5. The van der Waals surface area contributed by atoms with Gasteiger partial charge >= 0.3 is 0 Å². The first-order valence-electron chi connectivity index (χ1n) is 16.5. The van der Waals surface area contributed by atoms with Crippen LogP contribution in [0.2, 0.25) is 0 Å². The second-order valence-corrected chi connectivity index (χ2v) is 12.6. The normalized spacial score (nSPS) is 13.1. The van der Waals surface area contributed by atoms with Gasteiger partial charge in [0.15, 0.2) is 0 Å². The van der Waals surface area contributed by atoms with Crippen molar-refractivity contribution in [3.8, 4) is 45.2 Å². The number of nitrogens with zero attached hydrogens (tertiary/aromatic N) is 2. The van der Waals surface area contributed by atoms with Gasteiger partial charge in [-0.1, -0.05) is 140 Å². The van der Waals surface area contributed by atoms with Crippen LogP contribution in [0.15, 0.2) is 179 Å². The molecule has 10 rings (SSSR count). The highest BCUT2D eigenvalue weighted by molar-refractivity contribution is 6.09. The zero-order valence-corrected chi connectivity index (χ0v) is 26.4. The van der Waals surface area contributed by atoms with E-state index in [1.54, 1.807) is 0 Å². The highest BCUT2D eigenvalue weighted by Gasteiger charge is 2.46. The Balaban J connectivity index is 1.05. The van der Waals surface area contributed by atoms with Gasteiger partial charge in [-0.3, -0.25) is 0 Å². The average Bonchev–Trinajstić information content (AvgIpc) is 3.89. The lowest BCUT2D eigenvalue weighted by Gasteiger charge is -2.34. The zero-order valence-electron chi connectivity index (χ0n) is 26.4. The standard InChI is InChI=1S/C45H28N2O2/c1-3-12-32(13-4-1)45(33-14-5-2-6-15-33)39-20-9-7-16-35(39)36-27-26-31(28-40(36)45)44-47-46-43(49-44)30-24-22-29(23-25-30)34-18-11-19-38-37-17-8-10-21-41(37)48-42(34)38/h1-28H. The molecule has 0 aliphatic heterocycles. The van der Waals surface area contributed by atoms with Crippen molar-refractivity contribution in [3.63, 3.8) is 0 Å². The molecule has 0 bridgehead atoms. The Labute approximate surface area is 282 Å². The number of furan rings is 1. The number of para-hydroxylation sites is 2. The lowest BCUT2D eigenvalue weighted by Crippen LogP contribution is -2.28. The van der Waals surface area contributed by atoms with Gasteiger partial charge < -0.3 is 8.83 Å². The monoisotopic (exact) mass is 628 g/mol. The summed E-state index contributed by atoms with van der Waals surface area (Å²) in [6.07, 6.45) is 0. The van der Waals surface area contributed by atoms with Crippen molar-refractivity contribution in [1.29, 1.82) is 0 Å². The highest BCUT2D eigenvalue weighted by Crippen LogP contribution is 2.56. The van der Waals surface area contributed by atoms with Gasteiger partial charge in [0.25, 0.3) is 0 Å². The van der Waals surface area contributed by atoms with E-state index in [9.17, 15) is 0 Å². The third-order valence-corrected chi connectivity index (χ3v) is 9.98. The summed E-state index contributed by atoms with van der Waals surface area (Å²) >= 11 is 0. The summed E-state index contributed by atoms with van der Waals surface area (Å²) in [5, 5.41) is 11.3. The molecule has 0 fully saturated rings. The minimum atomic E-state index is -0.494. The number of fused-ring (bicyclic) bond motifs is 6. The van der Waals surface area contributed by atoms with Gasteiger partial charge in [-0.25, -0.2) is 0 Å². The third kappa shape index (κ3) is 4.11. The number of hydrogen-bond acceptors (Lipinski definition) is 4. The van der Waals surface area contributed by atoms with E-state index < -0.39 is 5.41 Å². The molecule has 4 nitrogen and oxygen atoms in total. The molecule has 2 heterocycles. The van der Waals surface area contributed by atoms with Crippen LogP contribution in [0.5, 0.6) is 0 Å². The minimum Gasteiger partial charge on any atom is -0.455 e. The largest absolute Gasteiger partial charge is 0.455 e. The number of hydrogen-bond donors (Lipinski definition) is 0. The van der Waals surface area contributed by atoms with Crippen molar-refractivity contribution in [3.05, 3.63) is 192 Å². The quantitative estimate of drug-likeness (QED) is 0.190. The van der Waals surface area contributed by atoms with Crippen LogP contribution < -0.4 is 0 Å². The van der Waals surface area contributed by atoms with Crippen LogP contribution in [-0.2, 0) is 5.41 Å². The maximum absolute atomic E-state index is 6.39. The second-order valence-electron chi connectivity index (χ2n) is 12.6. The maximum atomic E-state index is 6.39. The van der Waals surface area contributed by atoms with Gasteiger partial charge in [0.1, 0.15) is 11.2 Å². The highest BCUT2D eigenvalue weighted by atomic mass is 16.4. The smallest absolute Gasteiger partial charge is 0.248 e. The van der Waals surface area contributed by atoms with Crippen molar-refractivity contribution in [1.82, 2.24) is 10.2 Å². The molecule has 230 valence electrons. The lowest BCUT2D eigenvalue weighted by molar-refractivity contribution is 0.584. The summed E-state index contributed by atoms with van der Waals surface area (Å²) < 4.78 is 12.7. The van der Waals surface area contributed by atoms with E-state index in [0.717, 1.165) is 44.2 Å². The van der Waals surface area contributed by atoms with Gasteiger partial charge in [-0.05, 0) is 69.3 Å². The molecule has 0 amide bonds. The Hall–Kier alpha value is -6.52. The van der Waals surface area contributed by atoms with Crippen molar-refractivity contribution in [2.24, 2.45) is 0 Å². The van der Waals surface area contributed by atoms with Crippen molar-refractivity contribution in [2.45, 2.75) is 5.41 Å². The first-order chi connectivity index (χ1) is 24.3. The molecule has 0 saturated carbocycles. The summed E-state index contributed by atoms with van der Waals surface area (Å²) in [5.41, 5.74) is 12.5. The first-order valence-corrected chi connectivity index (χ1v) is 16.5. The molecule has 0 radical (unpaired) electrons. The van der Waals surface area contributed by atoms with Gasteiger partial charge in [-0.15, -0.1) is 10.2 Å². The van der Waals surface area contributed by atoms with Crippen LogP contribution in [0.1, 0.15) is 22.3 Å². The summed E-state index contributed by atoms with van der Waals surface area (Å²) in [5.74, 6) is 0.963. The number of rotatable bonds is 5. The topological polar surface area (TPSA) is 52.1 Å². The van der Waals surface area contributed by atoms with Crippen LogP contribution in [-0.4, -0.2) is 10.2 Å². The lowest BCUT2D eigenvalue weighted by atomic mass is 9.67. The van der Waals surface area contributed by atoms with Crippen molar-refractivity contribution in [2.75, 3.05) is 0 Å². The second kappa shape index (κ2) is 10.8. The fraction of sp³-hybridized carbons (Fsp3) is 0.0222. The van der Waals surface area contributed by atoms with Crippen molar-refractivity contribution < 1.29 is 8.83 Å². The number of benzene rings is 7. The third-order valence-electron chi connectivity index (χ3n) is 9.98. The van der Waals surface area contributed by atoms with Gasteiger partial charge in [-0.2, -0.15) is 0 Å². The first kappa shape index (κ1) is 27.6. The Morgan fingerprint density at radius 2 is 0.959 bits per heavy atom. The molecule has 7 aromatic carbocycles. The molecule has 49 heavy (non-hydrogen) atoms. The van der Waals surface area contributed by atoms with Crippen LogP contribution in [0.4, 0.5) is 0 Å². The number of aromatic nitrogens is 2. The Morgan fingerprint density at radius 1 is 0.388 bits per heavy atom. The van der Waals surface area contributed by atoms with Gasteiger partial charge in [0.05, 0.1) is 5.41 Å². The summed E-state index contributed by atoms with van der Waals surface area (Å²) in [4.78, 5) is 0. The molecule has 4 heteroatoms. The van der Waals surface area contributed by atoms with Gasteiger partial charge in [0, 0.05) is 27.5 Å². The Kier molecular flexibility index (Phi) is 6.06. The van der Waals surface area contributed by atoms with E-state index in [1.165, 1.54) is 33.4 Å². The predicted octanol–water partition coefficient (Wildman–Crippen LogP) is 11.3. The fourth-order valence-corrected chi connectivity index (χ4v) is 7.80. The van der Waals surface area contributed by atoms with Crippen molar-refractivity contribution >= 4 is 21.9 Å². The predicted molar refractivity (Wildman–Crippen MR) is 195 cm³/mol. The molecular formula is C45H28N2O2. The molecule has 9 aromatic rings. The summed E-state index contributed by atoms with van der Waals surface area (Å²) in [6.45, 7) is 0. The molecular weight excluding hydrogens is 601 g/mol. The van der Waals surface area contributed by atoms with Crippen LogP contribution >= 0.6 is 0 Å². The van der Waals surface area contributed by atoms with E-state index in [0.29, 0.717) is 11.8 Å². The summed E-state index contributed by atoms with van der Waals surface area (Å²) in [7, 11) is 0. The maximum Gasteiger partial charge on any atom is 0.248 e. The molecule has 0 N–H and O–H groups in total. The molecule has 0 unspecified atom stereocenters. The van der Waals surface area contributed by atoms with Crippen LogP contribution in [0.25, 0.3) is 67.1 Å². The van der Waals surface area contributed by atoms with E-state index in [1.807, 2.05) is 30.3 Å². The molecule has 1 aliphatic rings.